The summed E-state index contributed by atoms with van der Waals surface area (Å²) in [5.74, 6) is 1.54. The first-order valence-electron chi connectivity index (χ1n) is 8.69. The number of nitrogens with zero attached hydrogens (tertiary/aromatic N) is 2. The van der Waals surface area contributed by atoms with Crippen molar-refractivity contribution in [1.29, 1.82) is 0 Å². The maximum absolute atomic E-state index is 12.4. The van der Waals surface area contributed by atoms with E-state index in [1.165, 1.54) is 0 Å². The zero-order valence-electron chi connectivity index (χ0n) is 14.8. The van der Waals surface area contributed by atoms with E-state index in [9.17, 15) is 9.59 Å². The molecule has 1 atom stereocenters. The van der Waals surface area contributed by atoms with Crippen LogP contribution < -0.4 is 14.8 Å². The van der Waals surface area contributed by atoms with E-state index in [1.807, 2.05) is 30.0 Å². The number of hydrogen-bond acceptors (Lipinski definition) is 5. The Balaban J connectivity index is 1.51. The predicted octanol–water partition coefficient (Wildman–Crippen LogP) is 1.15. The van der Waals surface area contributed by atoms with Crippen LogP contribution in [0, 0.1) is 0 Å². The number of ether oxygens (including phenoxy) is 2. The minimum atomic E-state index is -0.109. The van der Waals surface area contributed by atoms with Crippen molar-refractivity contribution in [2.24, 2.45) is 0 Å². The quantitative estimate of drug-likeness (QED) is 0.885. The molecule has 0 bridgehead atoms. The lowest BCUT2D eigenvalue weighted by Crippen LogP contribution is -2.40. The lowest BCUT2D eigenvalue weighted by atomic mass is 10.1. The van der Waals surface area contributed by atoms with Gasteiger partial charge in [-0.15, -0.1) is 0 Å². The standard InChI is InChI=1S/C18H25N3O4/c1-13(15-4-5-16-17(10-15)25-12-24-16)19-18(23)11-20-6-3-7-21(9-8-20)14(2)22/h4-5,10,13H,3,6-9,11-12H2,1-2H3,(H,19,23)/t13-/m0/s1. The third-order valence-corrected chi connectivity index (χ3v) is 4.68. The van der Waals surface area contributed by atoms with E-state index >= 15 is 0 Å². The zero-order valence-corrected chi connectivity index (χ0v) is 14.8. The summed E-state index contributed by atoms with van der Waals surface area (Å²) in [5, 5.41) is 3.03. The lowest BCUT2D eigenvalue weighted by molar-refractivity contribution is -0.128. The fourth-order valence-electron chi connectivity index (χ4n) is 3.20. The van der Waals surface area contributed by atoms with E-state index < -0.39 is 0 Å². The van der Waals surface area contributed by atoms with Crippen LogP contribution in [0.3, 0.4) is 0 Å². The second kappa shape index (κ2) is 7.74. The van der Waals surface area contributed by atoms with Crippen LogP contribution in [0.4, 0.5) is 0 Å². The van der Waals surface area contributed by atoms with Crippen molar-refractivity contribution < 1.29 is 19.1 Å². The van der Waals surface area contributed by atoms with Gasteiger partial charge in [0.25, 0.3) is 0 Å². The molecule has 3 rings (SSSR count). The van der Waals surface area contributed by atoms with Crippen molar-refractivity contribution in [3.63, 3.8) is 0 Å². The Morgan fingerprint density at radius 3 is 2.76 bits per heavy atom. The number of hydrogen-bond donors (Lipinski definition) is 1. The molecule has 2 aliphatic rings. The predicted molar refractivity (Wildman–Crippen MR) is 92.4 cm³/mol. The molecule has 1 aromatic rings. The second-order valence-corrected chi connectivity index (χ2v) is 6.54. The first-order valence-corrected chi connectivity index (χ1v) is 8.69. The Morgan fingerprint density at radius 2 is 1.96 bits per heavy atom. The van der Waals surface area contributed by atoms with Crippen molar-refractivity contribution in [1.82, 2.24) is 15.1 Å². The highest BCUT2D eigenvalue weighted by molar-refractivity contribution is 5.78. The number of amides is 2. The SMILES string of the molecule is CC(=O)N1CCCN(CC(=O)N[C@@H](C)c2ccc3c(c2)OCO3)CC1. The molecule has 136 valence electrons. The van der Waals surface area contributed by atoms with Crippen LogP contribution in [0.5, 0.6) is 11.5 Å². The summed E-state index contributed by atoms with van der Waals surface area (Å²) in [5.41, 5.74) is 0.983. The van der Waals surface area contributed by atoms with Gasteiger partial charge in [-0.25, -0.2) is 0 Å². The van der Waals surface area contributed by atoms with E-state index in [0.717, 1.165) is 43.1 Å². The average molecular weight is 347 g/mol. The zero-order chi connectivity index (χ0) is 17.8. The number of carbonyl (C=O) groups excluding carboxylic acids is 2. The lowest BCUT2D eigenvalue weighted by Gasteiger charge is -2.22. The van der Waals surface area contributed by atoms with Crippen molar-refractivity contribution in [3.05, 3.63) is 23.8 Å². The Hall–Kier alpha value is -2.28. The largest absolute Gasteiger partial charge is 0.454 e. The van der Waals surface area contributed by atoms with Crippen LogP contribution in [0.2, 0.25) is 0 Å². The molecule has 7 heteroatoms. The highest BCUT2D eigenvalue weighted by Crippen LogP contribution is 2.34. The van der Waals surface area contributed by atoms with Gasteiger partial charge in [0.2, 0.25) is 18.6 Å². The van der Waals surface area contributed by atoms with Crippen LogP contribution in [0.15, 0.2) is 18.2 Å². The van der Waals surface area contributed by atoms with E-state index in [0.29, 0.717) is 13.1 Å². The molecule has 0 spiro atoms. The molecule has 2 aliphatic heterocycles. The van der Waals surface area contributed by atoms with Gasteiger partial charge in [-0.05, 0) is 31.0 Å². The number of nitrogens with one attached hydrogen (secondary N) is 1. The molecule has 1 N–H and O–H groups in total. The van der Waals surface area contributed by atoms with Crippen LogP contribution in [-0.2, 0) is 9.59 Å². The molecule has 2 heterocycles. The molecule has 1 fully saturated rings. The maximum Gasteiger partial charge on any atom is 0.234 e. The first-order chi connectivity index (χ1) is 12.0. The number of rotatable bonds is 4. The van der Waals surface area contributed by atoms with Gasteiger partial charge in [0.1, 0.15) is 0 Å². The normalized spacial score (nSPS) is 18.6. The minimum Gasteiger partial charge on any atom is -0.454 e. The molecule has 1 saturated heterocycles. The molecule has 1 aromatic carbocycles. The molecule has 25 heavy (non-hydrogen) atoms. The van der Waals surface area contributed by atoms with Crippen LogP contribution in [0.1, 0.15) is 31.9 Å². The molecule has 0 unspecified atom stereocenters. The summed E-state index contributed by atoms with van der Waals surface area (Å²) in [6.45, 7) is 7.14. The highest BCUT2D eigenvalue weighted by Gasteiger charge is 2.20. The van der Waals surface area contributed by atoms with Gasteiger partial charge in [0, 0.05) is 33.1 Å². The molecule has 0 saturated carbocycles. The van der Waals surface area contributed by atoms with Crippen LogP contribution in [0.25, 0.3) is 0 Å². The van der Waals surface area contributed by atoms with Crippen LogP contribution in [-0.4, -0.2) is 61.1 Å². The molecule has 2 amide bonds. The summed E-state index contributed by atoms with van der Waals surface area (Å²) >= 11 is 0. The molecular formula is C18H25N3O4. The van der Waals surface area contributed by atoms with Gasteiger partial charge in [-0.2, -0.15) is 0 Å². The molecule has 0 aliphatic carbocycles. The third-order valence-electron chi connectivity index (χ3n) is 4.68. The van der Waals surface area contributed by atoms with Gasteiger partial charge in [0.15, 0.2) is 11.5 Å². The smallest absolute Gasteiger partial charge is 0.234 e. The van der Waals surface area contributed by atoms with E-state index in [-0.39, 0.29) is 24.6 Å². The maximum atomic E-state index is 12.4. The van der Waals surface area contributed by atoms with Gasteiger partial charge in [-0.3, -0.25) is 14.5 Å². The second-order valence-electron chi connectivity index (χ2n) is 6.54. The first kappa shape index (κ1) is 17.5. The summed E-state index contributed by atoms with van der Waals surface area (Å²) in [7, 11) is 0. The van der Waals surface area contributed by atoms with Gasteiger partial charge in [0.05, 0.1) is 12.6 Å². The minimum absolute atomic E-state index is 0.0126. The van der Waals surface area contributed by atoms with Crippen molar-refractivity contribution >= 4 is 11.8 Å². The van der Waals surface area contributed by atoms with Crippen molar-refractivity contribution in [2.75, 3.05) is 39.5 Å². The van der Waals surface area contributed by atoms with Gasteiger partial charge in [-0.1, -0.05) is 6.07 Å². The Morgan fingerprint density at radius 1 is 1.16 bits per heavy atom. The van der Waals surface area contributed by atoms with E-state index in [4.69, 9.17) is 9.47 Å². The highest BCUT2D eigenvalue weighted by atomic mass is 16.7. The summed E-state index contributed by atoms with van der Waals surface area (Å²) in [6, 6.07) is 5.60. The monoisotopic (exact) mass is 347 g/mol. The van der Waals surface area contributed by atoms with Gasteiger partial charge >= 0.3 is 0 Å². The molecule has 0 radical (unpaired) electrons. The van der Waals surface area contributed by atoms with Crippen molar-refractivity contribution in [3.8, 4) is 11.5 Å². The Labute approximate surface area is 147 Å². The van der Waals surface area contributed by atoms with Crippen molar-refractivity contribution in [2.45, 2.75) is 26.3 Å². The number of carbonyl (C=O) groups is 2. The number of fused-ring (bicyclic) bond motifs is 1. The summed E-state index contributed by atoms with van der Waals surface area (Å²) in [6.07, 6.45) is 0.893. The third kappa shape index (κ3) is 4.42. The number of benzene rings is 1. The average Bonchev–Trinajstić information content (AvgIpc) is 2.92. The summed E-state index contributed by atoms with van der Waals surface area (Å²) < 4.78 is 10.7. The summed E-state index contributed by atoms with van der Waals surface area (Å²) in [4.78, 5) is 27.8. The van der Waals surface area contributed by atoms with Gasteiger partial charge < -0.3 is 19.7 Å². The fourth-order valence-corrected chi connectivity index (χ4v) is 3.20. The molecule has 7 nitrogen and oxygen atoms in total. The Bertz CT molecular complexity index is 649. The molecule has 0 aromatic heterocycles. The van der Waals surface area contributed by atoms with Crippen LogP contribution >= 0.6 is 0 Å². The molecular weight excluding hydrogens is 322 g/mol. The fraction of sp³-hybridized carbons (Fsp3) is 0.556. The topological polar surface area (TPSA) is 71.1 Å². The van der Waals surface area contributed by atoms with E-state index in [2.05, 4.69) is 10.2 Å². The Kier molecular flexibility index (Phi) is 5.43. The van der Waals surface area contributed by atoms with E-state index in [1.54, 1.807) is 6.92 Å².